The Labute approximate surface area is 263 Å². The van der Waals surface area contributed by atoms with Crippen LogP contribution in [-0.4, -0.2) is 43.2 Å². The number of hydrogen-bond acceptors (Lipinski definition) is 10. The molecule has 0 aliphatic heterocycles. The molecule has 3 aromatic carbocycles. The number of carbonyl (C=O) groups excluding carboxylic acids is 3. The molecule has 8 N–H and O–H groups in total. The highest BCUT2D eigenvalue weighted by Crippen LogP contribution is 2.32. The van der Waals surface area contributed by atoms with Gasteiger partial charge < -0.3 is 32.5 Å². The zero-order valence-electron chi connectivity index (χ0n) is 24.3. The van der Waals surface area contributed by atoms with Gasteiger partial charge in [0, 0.05) is 18.7 Å². The summed E-state index contributed by atoms with van der Waals surface area (Å²) in [5, 5.41) is 17.5. The maximum absolute atomic E-state index is 14.5. The molecular weight excluding hydrogens is 615 g/mol. The third-order valence-electron chi connectivity index (χ3n) is 7.94. The second kappa shape index (κ2) is 11.8. The zero-order chi connectivity index (χ0) is 33.6. The first kappa shape index (κ1) is 30.6. The van der Waals surface area contributed by atoms with Crippen LogP contribution in [0.15, 0.2) is 58.4 Å². The Kier molecular flexibility index (Phi) is 7.68. The lowest BCUT2D eigenvalue weighted by Gasteiger charge is -2.16. The fourth-order valence-corrected chi connectivity index (χ4v) is 5.48. The molecule has 1 aliphatic rings. The van der Waals surface area contributed by atoms with E-state index in [1.54, 1.807) is 12.1 Å². The Hall–Kier alpha value is -6.45. The van der Waals surface area contributed by atoms with Crippen molar-refractivity contribution in [2.75, 3.05) is 11.1 Å². The lowest BCUT2D eigenvalue weighted by molar-refractivity contribution is 0.0695. The molecule has 47 heavy (non-hydrogen) atoms. The SMILES string of the molecule is NC(=O)c1ncn2c(C(=O)N[C@H]3CCc4cc(C(=O)O)ccc43)cc(C(=O)NCc3ccc(F)c(CNc4c(N)c(=O)c4=O)c3)nc12. The number of imidazole rings is 1. The predicted molar refractivity (Wildman–Crippen MR) is 164 cm³/mol. The molecule has 0 spiro atoms. The van der Waals surface area contributed by atoms with Crippen LogP contribution in [0, 0.1) is 5.82 Å². The molecule has 0 bridgehead atoms. The van der Waals surface area contributed by atoms with Gasteiger partial charge in [0.15, 0.2) is 11.3 Å². The van der Waals surface area contributed by atoms with Gasteiger partial charge in [-0.25, -0.2) is 19.2 Å². The lowest BCUT2D eigenvalue weighted by Crippen LogP contribution is -2.37. The molecule has 15 nitrogen and oxygen atoms in total. The molecule has 0 saturated heterocycles. The molecule has 238 valence electrons. The Morgan fingerprint density at radius 3 is 2.53 bits per heavy atom. The summed E-state index contributed by atoms with van der Waals surface area (Å²) in [6.45, 7) is -0.245. The van der Waals surface area contributed by atoms with E-state index < -0.39 is 46.4 Å². The zero-order valence-corrected chi connectivity index (χ0v) is 24.3. The van der Waals surface area contributed by atoms with Crippen molar-refractivity contribution in [2.24, 2.45) is 5.73 Å². The van der Waals surface area contributed by atoms with Crippen molar-refractivity contribution in [1.29, 1.82) is 0 Å². The number of carboxylic acids is 1. The standard InChI is InChI=1S/C31H25FN8O7/c32-18-5-1-13(7-16(18)11-35-23-22(33)25(41)26(23)42)10-36-29(44)20-9-21(40-12-37-24(27(34)43)28(40)38-20)30(45)39-19-6-3-14-8-15(31(46)47)2-4-17(14)19/h1-2,4-5,7-9,12,19,35H,3,6,10-11,33H2,(H2,34,43)(H,36,44)(H,39,45)(H,46,47)/t19-/m0/s1. The number of halogens is 1. The number of nitrogens with two attached hydrogens (primary N) is 2. The first-order valence-electron chi connectivity index (χ1n) is 14.2. The van der Waals surface area contributed by atoms with E-state index in [4.69, 9.17) is 11.5 Å². The summed E-state index contributed by atoms with van der Waals surface area (Å²) < 4.78 is 15.7. The number of fused-ring (bicyclic) bond motifs is 2. The number of aromatic nitrogens is 3. The lowest BCUT2D eigenvalue weighted by atomic mass is 10.0. The fourth-order valence-electron chi connectivity index (χ4n) is 5.48. The van der Waals surface area contributed by atoms with E-state index in [9.17, 15) is 38.3 Å². The number of benzene rings is 2. The minimum absolute atomic E-state index is 0.0662. The Morgan fingerprint density at radius 1 is 1.02 bits per heavy atom. The van der Waals surface area contributed by atoms with Crippen LogP contribution in [-0.2, 0) is 19.5 Å². The molecule has 16 heteroatoms. The molecule has 2 aromatic heterocycles. The van der Waals surface area contributed by atoms with E-state index in [1.807, 2.05) is 0 Å². The normalized spacial score (nSPS) is 13.8. The number of carboxylic acid groups (broad SMARTS) is 1. The maximum Gasteiger partial charge on any atom is 0.335 e. The van der Waals surface area contributed by atoms with Gasteiger partial charge in [0.2, 0.25) is 0 Å². The smallest absolute Gasteiger partial charge is 0.335 e. The first-order chi connectivity index (χ1) is 22.4. The van der Waals surface area contributed by atoms with Crippen LogP contribution in [0.3, 0.4) is 0 Å². The van der Waals surface area contributed by atoms with Crippen molar-refractivity contribution in [3.8, 4) is 0 Å². The minimum Gasteiger partial charge on any atom is -0.478 e. The van der Waals surface area contributed by atoms with Crippen LogP contribution in [0.25, 0.3) is 5.65 Å². The Bertz CT molecular complexity index is 2220. The number of nitrogens with one attached hydrogen (secondary N) is 3. The number of amides is 3. The summed E-state index contributed by atoms with van der Waals surface area (Å²) in [5.41, 5.74) is 10.7. The van der Waals surface area contributed by atoms with Gasteiger partial charge in [-0.15, -0.1) is 0 Å². The molecule has 2 heterocycles. The average molecular weight is 641 g/mol. The largest absolute Gasteiger partial charge is 0.478 e. The molecule has 0 saturated carbocycles. The second-order valence-corrected chi connectivity index (χ2v) is 10.9. The van der Waals surface area contributed by atoms with Crippen molar-refractivity contribution >= 4 is 40.7 Å². The third kappa shape index (κ3) is 5.63. The third-order valence-corrected chi connectivity index (χ3v) is 7.94. The summed E-state index contributed by atoms with van der Waals surface area (Å²) >= 11 is 0. The van der Waals surface area contributed by atoms with E-state index in [2.05, 4.69) is 25.9 Å². The number of nitrogens with zero attached hydrogens (tertiary/aromatic N) is 3. The molecule has 0 fully saturated rings. The van der Waals surface area contributed by atoms with Crippen LogP contribution < -0.4 is 38.3 Å². The summed E-state index contributed by atoms with van der Waals surface area (Å²) in [6.07, 6.45) is 2.24. The highest BCUT2D eigenvalue weighted by atomic mass is 19.1. The Morgan fingerprint density at radius 2 is 1.81 bits per heavy atom. The van der Waals surface area contributed by atoms with Gasteiger partial charge in [0.05, 0.1) is 11.6 Å². The molecule has 1 aliphatic carbocycles. The second-order valence-electron chi connectivity index (χ2n) is 10.9. The number of anilines is 2. The number of nitrogen functional groups attached to an aromatic ring is 1. The van der Waals surface area contributed by atoms with Crippen LogP contribution in [0.5, 0.6) is 0 Å². The highest BCUT2D eigenvalue weighted by Gasteiger charge is 2.28. The quantitative estimate of drug-likeness (QED) is 0.117. The molecule has 6 rings (SSSR count). The van der Waals surface area contributed by atoms with Gasteiger partial charge in [-0.05, 0) is 59.9 Å². The molecule has 0 radical (unpaired) electrons. The van der Waals surface area contributed by atoms with Crippen LogP contribution in [0.1, 0.15) is 76.5 Å². The van der Waals surface area contributed by atoms with Gasteiger partial charge in [0.25, 0.3) is 28.6 Å². The summed E-state index contributed by atoms with van der Waals surface area (Å²) in [6, 6.07) is 9.50. The highest BCUT2D eigenvalue weighted by molar-refractivity contribution is 6.01. The molecule has 0 unspecified atom stereocenters. The summed E-state index contributed by atoms with van der Waals surface area (Å²) in [7, 11) is 0. The summed E-state index contributed by atoms with van der Waals surface area (Å²) in [5.74, 6) is -3.93. The number of primary amides is 1. The van der Waals surface area contributed by atoms with Crippen LogP contribution >= 0.6 is 0 Å². The number of carbonyl (C=O) groups is 4. The molecule has 5 aromatic rings. The molecule has 1 atom stereocenters. The maximum atomic E-state index is 14.5. The number of aryl methyl sites for hydroxylation is 1. The topological polar surface area (TPSA) is 241 Å². The van der Waals surface area contributed by atoms with Gasteiger partial charge >= 0.3 is 5.97 Å². The van der Waals surface area contributed by atoms with Gasteiger partial charge in [-0.2, -0.15) is 0 Å². The fraction of sp³-hybridized carbons (Fsp3) is 0.161. The molecular formula is C31H25FN8O7. The van der Waals surface area contributed by atoms with E-state index in [-0.39, 0.29) is 58.3 Å². The van der Waals surface area contributed by atoms with E-state index >= 15 is 0 Å². The van der Waals surface area contributed by atoms with Crippen molar-refractivity contribution in [1.82, 2.24) is 25.0 Å². The van der Waals surface area contributed by atoms with Crippen molar-refractivity contribution in [3.63, 3.8) is 0 Å². The van der Waals surface area contributed by atoms with Crippen LogP contribution in [0.2, 0.25) is 0 Å². The van der Waals surface area contributed by atoms with E-state index in [0.29, 0.717) is 18.4 Å². The van der Waals surface area contributed by atoms with E-state index in [0.717, 1.165) is 11.1 Å². The van der Waals surface area contributed by atoms with Gasteiger partial charge in [-0.1, -0.05) is 12.1 Å². The monoisotopic (exact) mass is 640 g/mol. The Balaban J connectivity index is 1.22. The van der Waals surface area contributed by atoms with Crippen molar-refractivity contribution in [3.05, 3.63) is 120 Å². The van der Waals surface area contributed by atoms with Crippen molar-refractivity contribution in [2.45, 2.75) is 32.0 Å². The number of hydrogen-bond donors (Lipinski definition) is 6. The van der Waals surface area contributed by atoms with Gasteiger partial charge in [-0.3, -0.25) is 28.4 Å². The predicted octanol–water partition coefficient (Wildman–Crippen LogP) is 0.803. The van der Waals surface area contributed by atoms with Crippen molar-refractivity contribution < 1.29 is 28.7 Å². The van der Waals surface area contributed by atoms with Crippen LogP contribution in [0.4, 0.5) is 15.8 Å². The summed E-state index contributed by atoms with van der Waals surface area (Å²) in [4.78, 5) is 81.4. The molecule has 3 amide bonds. The average Bonchev–Trinajstić information content (AvgIpc) is 3.68. The van der Waals surface area contributed by atoms with Gasteiger partial charge in [0.1, 0.15) is 34.9 Å². The number of aromatic carboxylic acids is 1. The minimum atomic E-state index is -1.06. The van der Waals surface area contributed by atoms with E-state index in [1.165, 1.54) is 41.1 Å². The first-order valence-corrected chi connectivity index (χ1v) is 14.2. The number of rotatable bonds is 10.